The highest BCUT2D eigenvalue weighted by Gasteiger charge is 2.48. The van der Waals surface area contributed by atoms with E-state index < -0.39 is 5.41 Å². The van der Waals surface area contributed by atoms with Crippen LogP contribution in [0.25, 0.3) is 22.3 Å². The van der Waals surface area contributed by atoms with Crippen molar-refractivity contribution in [1.29, 1.82) is 0 Å². The topological polar surface area (TPSA) is 80.5 Å². The van der Waals surface area contributed by atoms with Crippen molar-refractivity contribution in [3.05, 3.63) is 96.2 Å². The van der Waals surface area contributed by atoms with E-state index in [-0.39, 0.29) is 12.0 Å². The van der Waals surface area contributed by atoms with Crippen molar-refractivity contribution in [2.45, 2.75) is 31.3 Å². The van der Waals surface area contributed by atoms with Gasteiger partial charge in [-0.3, -0.25) is 4.79 Å². The Labute approximate surface area is 223 Å². The summed E-state index contributed by atoms with van der Waals surface area (Å²) in [4.78, 5) is 19.8. The molecule has 4 aromatic rings. The van der Waals surface area contributed by atoms with Gasteiger partial charge in [-0.1, -0.05) is 60.7 Å². The minimum absolute atomic E-state index is 0.114. The summed E-state index contributed by atoms with van der Waals surface area (Å²) in [6.07, 6.45) is 3.17. The first kappa shape index (κ1) is 24.2. The smallest absolute Gasteiger partial charge is 0.235 e. The number of nitrogen functional groups attached to an aromatic ring is 1. The van der Waals surface area contributed by atoms with Gasteiger partial charge in [0, 0.05) is 17.4 Å². The van der Waals surface area contributed by atoms with Crippen molar-refractivity contribution in [2.75, 3.05) is 31.2 Å². The number of fused-ring (bicyclic) bond motifs is 2. The minimum Gasteiger partial charge on any atom is -0.482 e. The van der Waals surface area contributed by atoms with Crippen molar-refractivity contribution in [3.8, 4) is 28.0 Å². The van der Waals surface area contributed by atoms with Gasteiger partial charge in [0.15, 0.2) is 11.6 Å². The SMILES string of the molecule is C[C@@H](Oc1cc(-c2ccc3c(c2)C2(CCN(C)CC2)C(=O)N3)cnc1N)c1ccccc1-c1ccccc1. The number of carbonyl (C=O) groups is 1. The number of hydrogen-bond acceptors (Lipinski definition) is 5. The molecule has 1 fully saturated rings. The van der Waals surface area contributed by atoms with Crippen LogP contribution in [0.2, 0.25) is 0 Å². The number of benzene rings is 3. The van der Waals surface area contributed by atoms with Crippen molar-refractivity contribution < 1.29 is 9.53 Å². The first-order valence-electron chi connectivity index (χ1n) is 13.2. The number of piperidine rings is 1. The van der Waals surface area contributed by atoms with Gasteiger partial charge in [-0.05, 0) is 85.9 Å². The van der Waals surface area contributed by atoms with E-state index in [9.17, 15) is 4.79 Å². The lowest BCUT2D eigenvalue weighted by Gasteiger charge is -2.36. The third-order valence-electron chi connectivity index (χ3n) is 8.06. The lowest BCUT2D eigenvalue weighted by atomic mass is 9.73. The molecule has 1 amide bonds. The van der Waals surface area contributed by atoms with E-state index in [1.807, 2.05) is 55.5 Å². The molecule has 2 aliphatic rings. The van der Waals surface area contributed by atoms with E-state index in [1.54, 1.807) is 6.20 Å². The maximum Gasteiger partial charge on any atom is 0.235 e. The van der Waals surface area contributed by atoms with Crippen LogP contribution in [0.4, 0.5) is 11.5 Å². The summed E-state index contributed by atoms with van der Waals surface area (Å²) in [5, 5.41) is 3.12. The van der Waals surface area contributed by atoms with E-state index in [4.69, 9.17) is 10.5 Å². The predicted octanol–water partition coefficient (Wildman–Crippen LogP) is 6.05. The van der Waals surface area contributed by atoms with Gasteiger partial charge in [-0.15, -0.1) is 0 Å². The van der Waals surface area contributed by atoms with Crippen molar-refractivity contribution in [2.24, 2.45) is 0 Å². The van der Waals surface area contributed by atoms with Gasteiger partial charge >= 0.3 is 0 Å². The number of nitrogens with one attached hydrogen (secondary N) is 1. The first-order chi connectivity index (χ1) is 18.4. The summed E-state index contributed by atoms with van der Waals surface area (Å²) in [5.41, 5.74) is 13.1. The summed E-state index contributed by atoms with van der Waals surface area (Å²) < 4.78 is 6.43. The van der Waals surface area contributed by atoms with E-state index in [0.29, 0.717) is 11.6 Å². The van der Waals surface area contributed by atoms with E-state index in [2.05, 4.69) is 52.6 Å². The number of ether oxygens (including phenoxy) is 1. The highest BCUT2D eigenvalue weighted by atomic mass is 16.5. The standard InChI is InChI=1S/C32H32N4O2/c1-21(25-10-6-7-11-26(25)22-8-4-3-5-9-22)38-29-19-24(20-34-30(29)33)23-12-13-28-27(18-23)32(31(37)35-28)14-16-36(2)17-15-32/h3-13,18-21H,14-17H2,1-2H3,(H2,33,34)(H,35,37)/t21-/m1/s1. The molecule has 1 saturated heterocycles. The Morgan fingerprint density at radius 3 is 2.47 bits per heavy atom. The van der Waals surface area contributed by atoms with Crippen LogP contribution in [0, 0.1) is 0 Å². The summed E-state index contributed by atoms with van der Waals surface area (Å²) in [5.74, 6) is 1.01. The number of aromatic nitrogens is 1. The van der Waals surface area contributed by atoms with E-state index in [1.165, 1.54) is 0 Å². The van der Waals surface area contributed by atoms with Gasteiger partial charge in [0.25, 0.3) is 0 Å². The molecule has 0 bridgehead atoms. The van der Waals surface area contributed by atoms with Crippen LogP contribution in [0.15, 0.2) is 85.1 Å². The molecule has 3 N–H and O–H groups in total. The average molecular weight is 505 g/mol. The molecule has 1 spiro atoms. The molecule has 0 saturated carbocycles. The summed E-state index contributed by atoms with van der Waals surface area (Å²) >= 11 is 0. The average Bonchev–Trinajstić information content (AvgIpc) is 3.22. The van der Waals surface area contributed by atoms with Crippen LogP contribution in [0.5, 0.6) is 5.75 Å². The third kappa shape index (κ3) is 4.21. The molecule has 0 aliphatic carbocycles. The zero-order valence-electron chi connectivity index (χ0n) is 21.8. The van der Waals surface area contributed by atoms with Crippen LogP contribution in [-0.4, -0.2) is 35.9 Å². The second kappa shape index (κ2) is 9.62. The largest absolute Gasteiger partial charge is 0.482 e. The fraction of sp³-hybridized carbons (Fsp3) is 0.250. The van der Waals surface area contributed by atoms with Crippen LogP contribution in [0.1, 0.15) is 37.0 Å². The molecule has 3 heterocycles. The Morgan fingerprint density at radius 2 is 1.68 bits per heavy atom. The Morgan fingerprint density at radius 1 is 0.947 bits per heavy atom. The lowest BCUT2D eigenvalue weighted by Crippen LogP contribution is -2.45. The van der Waals surface area contributed by atoms with Crippen LogP contribution >= 0.6 is 0 Å². The molecule has 0 unspecified atom stereocenters. The molecule has 38 heavy (non-hydrogen) atoms. The molecule has 6 rings (SSSR count). The predicted molar refractivity (Wildman–Crippen MR) is 152 cm³/mol. The number of nitrogens with two attached hydrogens (primary N) is 1. The van der Waals surface area contributed by atoms with Gasteiger partial charge < -0.3 is 20.7 Å². The minimum atomic E-state index is -0.464. The van der Waals surface area contributed by atoms with Gasteiger partial charge in [-0.25, -0.2) is 4.98 Å². The van der Waals surface area contributed by atoms with Gasteiger partial charge in [0.1, 0.15) is 6.10 Å². The molecule has 6 heteroatoms. The Hall–Kier alpha value is -4.16. The fourth-order valence-corrected chi connectivity index (χ4v) is 5.78. The van der Waals surface area contributed by atoms with Gasteiger partial charge in [0.2, 0.25) is 5.91 Å². The number of rotatable bonds is 5. The highest BCUT2D eigenvalue weighted by Crippen LogP contribution is 2.46. The Balaban J connectivity index is 1.31. The molecule has 0 radical (unpaired) electrons. The summed E-state index contributed by atoms with van der Waals surface area (Å²) in [7, 11) is 2.11. The third-order valence-corrected chi connectivity index (χ3v) is 8.06. The van der Waals surface area contributed by atoms with Crippen LogP contribution in [-0.2, 0) is 10.2 Å². The number of amides is 1. The highest BCUT2D eigenvalue weighted by molar-refractivity contribution is 6.06. The molecular weight excluding hydrogens is 472 g/mol. The first-order valence-corrected chi connectivity index (χ1v) is 13.2. The number of carbonyl (C=O) groups excluding carboxylic acids is 1. The quantitative estimate of drug-likeness (QED) is 0.346. The molecule has 192 valence electrons. The second-order valence-corrected chi connectivity index (χ2v) is 10.4. The van der Waals surface area contributed by atoms with Crippen molar-refractivity contribution in [1.82, 2.24) is 9.88 Å². The number of hydrogen-bond donors (Lipinski definition) is 2. The monoisotopic (exact) mass is 504 g/mol. The molecule has 6 nitrogen and oxygen atoms in total. The summed E-state index contributed by atoms with van der Waals surface area (Å²) in [6, 6.07) is 26.7. The number of nitrogens with zero attached hydrogens (tertiary/aromatic N) is 2. The molecule has 1 aromatic heterocycles. The molecule has 3 aromatic carbocycles. The zero-order valence-corrected chi connectivity index (χ0v) is 21.8. The number of anilines is 2. The van der Waals surface area contributed by atoms with Gasteiger partial charge in [-0.2, -0.15) is 0 Å². The second-order valence-electron chi connectivity index (χ2n) is 10.4. The van der Waals surface area contributed by atoms with E-state index >= 15 is 0 Å². The lowest BCUT2D eigenvalue weighted by molar-refractivity contribution is -0.122. The van der Waals surface area contributed by atoms with Crippen molar-refractivity contribution >= 4 is 17.4 Å². The van der Waals surface area contributed by atoms with Crippen LogP contribution < -0.4 is 15.8 Å². The number of likely N-dealkylation sites (tertiary alicyclic amines) is 1. The van der Waals surface area contributed by atoms with Crippen molar-refractivity contribution in [3.63, 3.8) is 0 Å². The summed E-state index contributed by atoms with van der Waals surface area (Å²) in [6.45, 7) is 3.84. The Kier molecular flexibility index (Phi) is 6.12. The maximum atomic E-state index is 13.1. The van der Waals surface area contributed by atoms with Crippen LogP contribution in [0.3, 0.4) is 0 Å². The fourth-order valence-electron chi connectivity index (χ4n) is 5.78. The normalized spacial score (nSPS) is 17.2. The number of pyridine rings is 1. The van der Waals surface area contributed by atoms with Gasteiger partial charge in [0.05, 0.1) is 5.41 Å². The molecule has 1 atom stereocenters. The van der Waals surface area contributed by atoms with E-state index in [0.717, 1.165) is 65.0 Å². The zero-order chi connectivity index (χ0) is 26.3. The Bertz CT molecular complexity index is 1490. The molecular formula is C32H32N4O2. The maximum absolute atomic E-state index is 13.1. The molecule has 2 aliphatic heterocycles.